The zero-order chi connectivity index (χ0) is 11.0. The van der Waals surface area contributed by atoms with Crippen LogP contribution in [0.5, 0.6) is 0 Å². The summed E-state index contributed by atoms with van der Waals surface area (Å²) < 4.78 is 11.1. The lowest BCUT2D eigenvalue weighted by atomic mass is 10.2. The molecule has 0 saturated carbocycles. The lowest BCUT2D eigenvalue weighted by Gasteiger charge is -2.20. The second kappa shape index (κ2) is 7.21. The van der Waals surface area contributed by atoms with Crippen LogP contribution in [0.4, 0.5) is 0 Å². The van der Waals surface area contributed by atoms with E-state index in [0.29, 0.717) is 13.2 Å². The van der Waals surface area contributed by atoms with Gasteiger partial charge in [0.25, 0.3) is 0 Å². The average molecular weight is 203 g/mol. The van der Waals surface area contributed by atoms with Gasteiger partial charge in [-0.25, -0.2) is 0 Å². The topological polar surface area (TPSA) is 30.5 Å². The van der Waals surface area contributed by atoms with Crippen molar-refractivity contribution in [2.24, 2.45) is 0 Å². The standard InChI is InChI=1S/C11H25NO2/c1-6-12-9-10(2)13-7-8-14-11(3,4)5/h10,12H,6-9H2,1-5H3. The quantitative estimate of drug-likeness (QED) is 0.640. The van der Waals surface area contributed by atoms with E-state index in [9.17, 15) is 0 Å². The van der Waals surface area contributed by atoms with Gasteiger partial charge in [0, 0.05) is 6.54 Å². The normalized spacial score (nSPS) is 14.4. The summed E-state index contributed by atoms with van der Waals surface area (Å²) >= 11 is 0. The van der Waals surface area contributed by atoms with Gasteiger partial charge >= 0.3 is 0 Å². The maximum atomic E-state index is 5.55. The molecule has 86 valence electrons. The number of likely N-dealkylation sites (N-methyl/N-ethyl adjacent to an activating group) is 1. The molecule has 0 heterocycles. The highest BCUT2D eigenvalue weighted by Gasteiger charge is 2.09. The van der Waals surface area contributed by atoms with Crippen molar-refractivity contribution >= 4 is 0 Å². The summed E-state index contributed by atoms with van der Waals surface area (Å²) in [5.74, 6) is 0. The molecule has 3 heteroatoms. The molecule has 0 spiro atoms. The molecule has 0 rings (SSSR count). The summed E-state index contributed by atoms with van der Waals surface area (Å²) in [5.41, 5.74) is -0.0612. The molecule has 0 aliphatic heterocycles. The van der Waals surface area contributed by atoms with E-state index >= 15 is 0 Å². The van der Waals surface area contributed by atoms with Crippen molar-refractivity contribution in [3.63, 3.8) is 0 Å². The van der Waals surface area contributed by atoms with E-state index in [1.807, 2.05) is 0 Å². The number of rotatable bonds is 7. The van der Waals surface area contributed by atoms with Crippen molar-refractivity contribution in [1.82, 2.24) is 5.32 Å². The highest BCUT2D eigenvalue weighted by atomic mass is 16.5. The smallest absolute Gasteiger partial charge is 0.0707 e. The van der Waals surface area contributed by atoms with Gasteiger partial charge in [-0.2, -0.15) is 0 Å². The predicted octanol–water partition coefficient (Wildman–Crippen LogP) is 1.82. The largest absolute Gasteiger partial charge is 0.375 e. The van der Waals surface area contributed by atoms with Crippen molar-refractivity contribution in [3.05, 3.63) is 0 Å². The fourth-order valence-electron chi connectivity index (χ4n) is 1.00. The van der Waals surface area contributed by atoms with E-state index in [4.69, 9.17) is 9.47 Å². The van der Waals surface area contributed by atoms with E-state index in [1.165, 1.54) is 0 Å². The van der Waals surface area contributed by atoms with Crippen LogP contribution in [0, 0.1) is 0 Å². The maximum Gasteiger partial charge on any atom is 0.0707 e. The Balaban J connectivity index is 3.27. The Morgan fingerprint density at radius 1 is 1.21 bits per heavy atom. The molecule has 0 aliphatic rings. The third-order valence-electron chi connectivity index (χ3n) is 1.70. The van der Waals surface area contributed by atoms with E-state index in [1.54, 1.807) is 0 Å². The van der Waals surface area contributed by atoms with Gasteiger partial charge in [0.1, 0.15) is 0 Å². The lowest BCUT2D eigenvalue weighted by molar-refractivity contribution is -0.0479. The number of ether oxygens (including phenoxy) is 2. The molecule has 1 atom stereocenters. The number of hydrogen-bond acceptors (Lipinski definition) is 3. The zero-order valence-electron chi connectivity index (χ0n) is 10.2. The van der Waals surface area contributed by atoms with Gasteiger partial charge in [-0.3, -0.25) is 0 Å². The van der Waals surface area contributed by atoms with E-state index < -0.39 is 0 Å². The van der Waals surface area contributed by atoms with Crippen molar-refractivity contribution in [1.29, 1.82) is 0 Å². The fourth-order valence-corrected chi connectivity index (χ4v) is 1.00. The highest BCUT2D eigenvalue weighted by Crippen LogP contribution is 2.05. The monoisotopic (exact) mass is 203 g/mol. The third kappa shape index (κ3) is 9.96. The summed E-state index contributed by atoms with van der Waals surface area (Å²) in [5, 5.41) is 3.24. The molecule has 0 aromatic heterocycles. The summed E-state index contributed by atoms with van der Waals surface area (Å²) in [4.78, 5) is 0. The minimum atomic E-state index is -0.0612. The van der Waals surface area contributed by atoms with Crippen LogP contribution in [0.2, 0.25) is 0 Å². The molecule has 0 fully saturated rings. The lowest BCUT2D eigenvalue weighted by Crippen LogP contribution is -2.29. The Hall–Kier alpha value is -0.120. The number of hydrogen-bond donors (Lipinski definition) is 1. The van der Waals surface area contributed by atoms with Crippen molar-refractivity contribution in [2.45, 2.75) is 46.3 Å². The van der Waals surface area contributed by atoms with Crippen LogP contribution < -0.4 is 5.32 Å². The highest BCUT2D eigenvalue weighted by molar-refractivity contribution is 4.58. The van der Waals surface area contributed by atoms with Gasteiger partial charge in [-0.05, 0) is 34.2 Å². The zero-order valence-corrected chi connectivity index (χ0v) is 10.2. The Labute approximate surface area is 88.2 Å². The van der Waals surface area contributed by atoms with Crippen LogP contribution in [0.25, 0.3) is 0 Å². The first-order valence-corrected chi connectivity index (χ1v) is 5.42. The molecular formula is C11H25NO2. The maximum absolute atomic E-state index is 5.55. The summed E-state index contributed by atoms with van der Waals surface area (Å²) in [6.07, 6.45) is 0.263. The molecule has 0 amide bonds. The van der Waals surface area contributed by atoms with Crippen LogP contribution >= 0.6 is 0 Å². The van der Waals surface area contributed by atoms with Gasteiger partial charge in [0.15, 0.2) is 0 Å². The van der Waals surface area contributed by atoms with Crippen LogP contribution in [0.1, 0.15) is 34.6 Å². The second-order valence-electron chi connectivity index (χ2n) is 4.45. The third-order valence-corrected chi connectivity index (χ3v) is 1.70. The molecule has 1 unspecified atom stereocenters. The molecule has 0 aliphatic carbocycles. The fraction of sp³-hybridized carbons (Fsp3) is 1.00. The Kier molecular flexibility index (Phi) is 7.15. The van der Waals surface area contributed by atoms with Crippen molar-refractivity contribution < 1.29 is 9.47 Å². The molecule has 0 saturated heterocycles. The predicted molar refractivity (Wildman–Crippen MR) is 59.7 cm³/mol. The molecule has 0 bridgehead atoms. The average Bonchev–Trinajstić information content (AvgIpc) is 2.07. The summed E-state index contributed by atoms with van der Waals surface area (Å²) in [7, 11) is 0. The summed E-state index contributed by atoms with van der Waals surface area (Å²) in [6.45, 7) is 13.6. The molecule has 0 aromatic carbocycles. The molecular weight excluding hydrogens is 178 g/mol. The van der Waals surface area contributed by atoms with E-state index in [2.05, 4.69) is 39.9 Å². The van der Waals surface area contributed by atoms with Gasteiger partial charge in [-0.15, -0.1) is 0 Å². The van der Waals surface area contributed by atoms with Gasteiger partial charge in [0.05, 0.1) is 24.9 Å². The van der Waals surface area contributed by atoms with Gasteiger partial charge in [0.2, 0.25) is 0 Å². The number of nitrogens with one attached hydrogen (secondary N) is 1. The van der Waals surface area contributed by atoms with E-state index in [0.717, 1.165) is 13.1 Å². The first kappa shape index (κ1) is 13.9. The second-order valence-corrected chi connectivity index (χ2v) is 4.45. The molecule has 1 N–H and O–H groups in total. The van der Waals surface area contributed by atoms with Crippen molar-refractivity contribution in [2.75, 3.05) is 26.3 Å². The van der Waals surface area contributed by atoms with Crippen LogP contribution in [-0.2, 0) is 9.47 Å². The SMILES string of the molecule is CCNCC(C)OCCOC(C)(C)C. The van der Waals surface area contributed by atoms with Crippen molar-refractivity contribution in [3.8, 4) is 0 Å². The first-order valence-electron chi connectivity index (χ1n) is 5.42. The molecule has 0 radical (unpaired) electrons. The minimum absolute atomic E-state index is 0.0612. The van der Waals surface area contributed by atoms with Gasteiger partial charge < -0.3 is 14.8 Å². The van der Waals surface area contributed by atoms with E-state index in [-0.39, 0.29) is 11.7 Å². The summed E-state index contributed by atoms with van der Waals surface area (Å²) in [6, 6.07) is 0. The van der Waals surface area contributed by atoms with Crippen LogP contribution in [0.15, 0.2) is 0 Å². The first-order chi connectivity index (χ1) is 6.45. The minimum Gasteiger partial charge on any atom is -0.375 e. The molecule has 0 aromatic rings. The molecule has 14 heavy (non-hydrogen) atoms. The van der Waals surface area contributed by atoms with Crippen LogP contribution in [-0.4, -0.2) is 38.0 Å². The Morgan fingerprint density at radius 2 is 1.86 bits per heavy atom. The van der Waals surface area contributed by atoms with Gasteiger partial charge in [-0.1, -0.05) is 6.92 Å². The molecule has 3 nitrogen and oxygen atoms in total. The Morgan fingerprint density at radius 3 is 2.36 bits per heavy atom. The Bertz CT molecular complexity index is 132. The van der Waals surface area contributed by atoms with Crippen LogP contribution in [0.3, 0.4) is 0 Å².